The topological polar surface area (TPSA) is 76.7 Å². The number of benzene rings is 2. The van der Waals surface area contributed by atoms with E-state index in [9.17, 15) is 9.59 Å². The largest absolute Gasteiger partial charge is 0.493 e. The van der Waals surface area contributed by atoms with Crippen molar-refractivity contribution in [2.24, 2.45) is 5.92 Å². The highest BCUT2D eigenvalue weighted by atomic mass is 16.5. The maximum Gasteiger partial charge on any atom is 0.252 e. The highest BCUT2D eigenvalue weighted by Gasteiger charge is 2.25. The molecule has 0 fully saturated rings. The van der Waals surface area contributed by atoms with E-state index in [1.807, 2.05) is 32.9 Å². The summed E-state index contributed by atoms with van der Waals surface area (Å²) in [5.74, 6) is 0.440. The number of methoxy groups -OCH3 is 2. The molecule has 2 aromatic rings. The molecule has 2 rings (SSSR count). The Bertz CT molecular complexity index is 818. The lowest BCUT2D eigenvalue weighted by molar-refractivity contribution is -0.118. The zero-order valence-corrected chi connectivity index (χ0v) is 16.3. The number of anilines is 1. The van der Waals surface area contributed by atoms with Crippen molar-refractivity contribution in [2.75, 3.05) is 19.5 Å². The van der Waals surface area contributed by atoms with Crippen LogP contribution in [-0.4, -0.2) is 32.1 Å². The van der Waals surface area contributed by atoms with Gasteiger partial charge in [-0.05, 0) is 36.6 Å². The predicted molar refractivity (Wildman–Crippen MR) is 105 cm³/mol. The van der Waals surface area contributed by atoms with E-state index in [1.165, 1.54) is 7.11 Å². The van der Waals surface area contributed by atoms with Crippen LogP contribution in [0.15, 0.2) is 42.5 Å². The molecule has 0 aromatic heterocycles. The Kier molecular flexibility index (Phi) is 6.82. The van der Waals surface area contributed by atoms with Crippen LogP contribution in [0.2, 0.25) is 0 Å². The average Bonchev–Trinajstić information content (AvgIpc) is 2.65. The first-order chi connectivity index (χ1) is 12.9. The molecule has 0 aliphatic rings. The van der Waals surface area contributed by atoms with E-state index in [-0.39, 0.29) is 17.7 Å². The number of carbonyl (C=O) groups is 2. The lowest BCUT2D eigenvalue weighted by Crippen LogP contribution is -2.47. The number of hydrogen-bond donors (Lipinski definition) is 2. The Balaban J connectivity index is 2.16. The molecule has 144 valence electrons. The quantitative estimate of drug-likeness (QED) is 0.783. The van der Waals surface area contributed by atoms with Crippen LogP contribution in [0.25, 0.3) is 0 Å². The van der Waals surface area contributed by atoms with E-state index in [1.54, 1.807) is 37.4 Å². The van der Waals surface area contributed by atoms with Gasteiger partial charge in [-0.2, -0.15) is 0 Å². The molecule has 1 atom stereocenters. The zero-order valence-electron chi connectivity index (χ0n) is 16.3. The van der Waals surface area contributed by atoms with Crippen LogP contribution in [0, 0.1) is 12.8 Å². The van der Waals surface area contributed by atoms with Crippen molar-refractivity contribution in [1.29, 1.82) is 0 Å². The fourth-order valence-corrected chi connectivity index (χ4v) is 2.72. The predicted octanol–water partition coefficient (Wildman–Crippen LogP) is 3.41. The molecule has 6 nitrogen and oxygen atoms in total. The number of ether oxygens (including phenoxy) is 2. The van der Waals surface area contributed by atoms with E-state index in [4.69, 9.17) is 9.47 Å². The van der Waals surface area contributed by atoms with Gasteiger partial charge in [0.15, 0.2) is 11.5 Å². The molecule has 0 bridgehead atoms. The maximum atomic E-state index is 12.8. The Morgan fingerprint density at radius 1 is 0.963 bits per heavy atom. The Hall–Kier alpha value is -3.02. The van der Waals surface area contributed by atoms with Crippen LogP contribution in [0.1, 0.15) is 29.8 Å². The van der Waals surface area contributed by atoms with Crippen LogP contribution in [-0.2, 0) is 4.79 Å². The van der Waals surface area contributed by atoms with Gasteiger partial charge in [-0.1, -0.05) is 32.0 Å². The minimum atomic E-state index is -0.676. The fourth-order valence-electron chi connectivity index (χ4n) is 2.72. The fraction of sp³-hybridized carbons (Fsp3) is 0.333. The van der Waals surface area contributed by atoms with Crippen LogP contribution in [0.5, 0.6) is 11.5 Å². The second-order valence-corrected chi connectivity index (χ2v) is 6.57. The van der Waals surface area contributed by atoms with Gasteiger partial charge >= 0.3 is 0 Å². The molecule has 0 saturated carbocycles. The number of nitrogens with one attached hydrogen (secondary N) is 2. The minimum absolute atomic E-state index is 0.0851. The summed E-state index contributed by atoms with van der Waals surface area (Å²) in [4.78, 5) is 25.4. The van der Waals surface area contributed by atoms with Crippen LogP contribution in [0.3, 0.4) is 0 Å². The van der Waals surface area contributed by atoms with Gasteiger partial charge in [-0.15, -0.1) is 0 Å². The smallest absolute Gasteiger partial charge is 0.252 e. The first-order valence-electron chi connectivity index (χ1n) is 8.76. The van der Waals surface area contributed by atoms with E-state index in [0.29, 0.717) is 22.7 Å². The summed E-state index contributed by atoms with van der Waals surface area (Å²) < 4.78 is 10.5. The lowest BCUT2D eigenvalue weighted by atomic mass is 10.0. The van der Waals surface area contributed by atoms with E-state index >= 15 is 0 Å². The first kappa shape index (κ1) is 20.3. The molecule has 27 heavy (non-hydrogen) atoms. The van der Waals surface area contributed by atoms with Gasteiger partial charge in [0.25, 0.3) is 5.91 Å². The molecule has 0 aliphatic carbocycles. The van der Waals surface area contributed by atoms with Crippen molar-refractivity contribution in [3.05, 3.63) is 53.6 Å². The second-order valence-electron chi connectivity index (χ2n) is 6.57. The Morgan fingerprint density at radius 3 is 2.22 bits per heavy atom. The van der Waals surface area contributed by atoms with Crippen molar-refractivity contribution >= 4 is 17.5 Å². The zero-order chi connectivity index (χ0) is 20.0. The molecule has 6 heteroatoms. The van der Waals surface area contributed by atoms with Gasteiger partial charge in [0.2, 0.25) is 5.91 Å². The van der Waals surface area contributed by atoms with E-state index in [2.05, 4.69) is 10.6 Å². The average molecular weight is 370 g/mol. The van der Waals surface area contributed by atoms with Gasteiger partial charge in [-0.3, -0.25) is 9.59 Å². The number of aryl methyl sites for hydroxylation is 1. The summed E-state index contributed by atoms with van der Waals surface area (Å²) in [6, 6.07) is 11.7. The summed E-state index contributed by atoms with van der Waals surface area (Å²) in [6.07, 6.45) is 0. The third-order valence-electron chi connectivity index (χ3n) is 4.28. The van der Waals surface area contributed by atoms with E-state index in [0.717, 1.165) is 5.56 Å². The Morgan fingerprint density at radius 2 is 1.63 bits per heavy atom. The molecule has 0 spiro atoms. The van der Waals surface area contributed by atoms with Crippen LogP contribution >= 0.6 is 0 Å². The first-order valence-corrected chi connectivity index (χ1v) is 8.76. The second kappa shape index (κ2) is 9.07. The van der Waals surface area contributed by atoms with Crippen molar-refractivity contribution in [1.82, 2.24) is 5.32 Å². The van der Waals surface area contributed by atoms with Gasteiger partial charge in [0, 0.05) is 17.3 Å². The van der Waals surface area contributed by atoms with Crippen molar-refractivity contribution < 1.29 is 19.1 Å². The Labute approximate surface area is 159 Å². The maximum absolute atomic E-state index is 12.8. The summed E-state index contributed by atoms with van der Waals surface area (Å²) in [6.45, 7) is 5.64. The third-order valence-corrected chi connectivity index (χ3v) is 4.28. The number of rotatable bonds is 7. The SMILES string of the molecule is COc1ccc(NC(=O)C(NC(=O)c2ccccc2C)C(C)C)cc1OC. The van der Waals surface area contributed by atoms with Gasteiger partial charge in [0.1, 0.15) is 6.04 Å². The molecule has 2 aromatic carbocycles. The molecule has 0 saturated heterocycles. The molecular formula is C21H26N2O4. The molecule has 2 N–H and O–H groups in total. The normalized spacial score (nSPS) is 11.6. The standard InChI is InChI=1S/C21H26N2O4/c1-13(2)19(23-20(24)16-9-7-6-8-14(16)3)21(25)22-15-10-11-17(26-4)18(12-15)27-5/h6-13,19H,1-5H3,(H,22,25)(H,23,24). The number of amides is 2. The van der Waals surface area contributed by atoms with Gasteiger partial charge < -0.3 is 20.1 Å². The van der Waals surface area contributed by atoms with E-state index < -0.39 is 6.04 Å². The highest BCUT2D eigenvalue weighted by Crippen LogP contribution is 2.29. The number of hydrogen-bond acceptors (Lipinski definition) is 4. The van der Waals surface area contributed by atoms with Crippen molar-refractivity contribution in [3.8, 4) is 11.5 Å². The van der Waals surface area contributed by atoms with Crippen molar-refractivity contribution in [2.45, 2.75) is 26.8 Å². The lowest BCUT2D eigenvalue weighted by Gasteiger charge is -2.22. The summed E-state index contributed by atoms with van der Waals surface area (Å²) in [7, 11) is 3.08. The molecule has 0 radical (unpaired) electrons. The molecular weight excluding hydrogens is 344 g/mol. The monoisotopic (exact) mass is 370 g/mol. The number of carbonyl (C=O) groups excluding carboxylic acids is 2. The minimum Gasteiger partial charge on any atom is -0.493 e. The summed E-state index contributed by atoms with van der Waals surface area (Å²) in [5, 5.41) is 5.67. The molecule has 0 aliphatic heterocycles. The molecule has 1 unspecified atom stereocenters. The molecule has 0 heterocycles. The highest BCUT2D eigenvalue weighted by molar-refractivity contribution is 6.02. The summed E-state index contributed by atoms with van der Waals surface area (Å²) >= 11 is 0. The van der Waals surface area contributed by atoms with Gasteiger partial charge in [0.05, 0.1) is 14.2 Å². The third kappa shape index (κ3) is 5.00. The van der Waals surface area contributed by atoms with Gasteiger partial charge in [-0.25, -0.2) is 0 Å². The van der Waals surface area contributed by atoms with Crippen molar-refractivity contribution in [3.63, 3.8) is 0 Å². The summed E-state index contributed by atoms with van der Waals surface area (Å²) in [5.41, 5.74) is 1.98. The molecule has 2 amide bonds. The van der Waals surface area contributed by atoms with Crippen LogP contribution in [0.4, 0.5) is 5.69 Å². The van der Waals surface area contributed by atoms with Crippen LogP contribution < -0.4 is 20.1 Å².